The molecule has 4 saturated carbocycles. The largest absolute Gasteiger partial charge is 0.455 e. The van der Waals surface area contributed by atoms with Crippen LogP contribution in [0, 0.1) is 38.9 Å². The smallest absolute Gasteiger partial charge is 0.317 e. The van der Waals surface area contributed by atoms with Crippen LogP contribution in [0.15, 0.2) is 11.1 Å². The van der Waals surface area contributed by atoms with Crippen LogP contribution in [0.1, 0.15) is 106 Å². The van der Waals surface area contributed by atoms with Gasteiger partial charge in [-0.1, -0.05) is 34.6 Å². The number of carbonyl (C=O) groups is 1. The minimum atomic E-state index is -1.72. The number of hydrogen-bond donors (Lipinski definition) is 8. The van der Waals surface area contributed by atoms with Gasteiger partial charge < -0.3 is 64.5 Å². The predicted molar refractivity (Wildman–Crippen MR) is 192 cm³/mol. The second-order valence-corrected chi connectivity index (χ2v) is 20.3. The van der Waals surface area contributed by atoms with Crippen LogP contribution in [-0.4, -0.2) is 139 Å². The topological polar surface area (TPSA) is 225 Å². The standard InChI is InChI=1S/C41H64O14/c1-35(2)22-8-11-37(4)23(16-19(43)25-31-40(7,50)39(6)13-15-41(31,34(49)55-39)14-12-38(25,37)5)36(22,3)10-9-24(35)53-33-30(26(45)20(44)18-51-33)54-32-29(48)28(47)27(46)21(17-42)52-32/h19-24,26-30,32-33,42-48,50H,8-18H2,1-7H3/t19-,20+,21-,22-,23+,24+,26+,27-,28+,29-,30-,32+,33-,36+,37-,38-,39+,40+,41-/m1/s1. The van der Waals surface area contributed by atoms with Gasteiger partial charge in [-0.05, 0) is 116 Å². The molecule has 1 spiro atoms. The van der Waals surface area contributed by atoms with Crippen molar-refractivity contribution in [2.45, 2.75) is 185 Å². The lowest BCUT2D eigenvalue weighted by atomic mass is 9.33. The first kappa shape index (κ1) is 40.5. The number of esters is 1. The highest BCUT2D eigenvalue weighted by molar-refractivity contribution is 5.86. The number of aliphatic hydroxyl groups excluding tert-OH is 7. The van der Waals surface area contributed by atoms with Gasteiger partial charge in [0.2, 0.25) is 0 Å². The molecule has 8 N–H and O–H groups in total. The molecule has 0 aromatic rings. The minimum Gasteiger partial charge on any atom is -0.455 e. The van der Waals surface area contributed by atoms with Gasteiger partial charge in [-0.3, -0.25) is 4.79 Å². The van der Waals surface area contributed by atoms with Gasteiger partial charge in [0.1, 0.15) is 53.9 Å². The average Bonchev–Trinajstić information content (AvgIpc) is 3.11. The predicted octanol–water partition coefficient (Wildman–Crippen LogP) is 1.20. The van der Waals surface area contributed by atoms with Crippen molar-refractivity contribution in [3.8, 4) is 0 Å². The van der Waals surface area contributed by atoms with E-state index >= 15 is 0 Å². The molecule has 19 atom stereocenters. The molecule has 0 aromatic carbocycles. The Hall–Kier alpha value is -1.27. The molecule has 2 bridgehead atoms. The first-order valence-electron chi connectivity index (χ1n) is 20.5. The summed E-state index contributed by atoms with van der Waals surface area (Å²) in [5, 5.41) is 87.4. The van der Waals surface area contributed by atoms with E-state index in [9.17, 15) is 45.6 Å². The van der Waals surface area contributed by atoms with Crippen molar-refractivity contribution >= 4 is 5.97 Å². The Balaban J connectivity index is 1.07. The molecule has 312 valence electrons. The third-order valence-corrected chi connectivity index (χ3v) is 17.6. The normalized spacial score (nSPS) is 57.2. The number of fused-ring (bicyclic) bond motifs is 7. The van der Waals surface area contributed by atoms with Gasteiger partial charge in [-0.2, -0.15) is 0 Å². The summed E-state index contributed by atoms with van der Waals surface area (Å²) in [7, 11) is 0. The van der Waals surface area contributed by atoms with Crippen LogP contribution in [-0.2, 0) is 28.5 Å². The third-order valence-electron chi connectivity index (χ3n) is 17.6. The SMILES string of the molecule is CC1(C)[C@@H](O[C@H]2OC[C@H](O)[C@H](O)[C@H]2O[C@@H]2O[C@H](CO)[C@@H](O)[C@H](O)[C@H]2O)CC[C@@]2(C)[C@@H]1CC[C@]1(C)[C@H]2C[C@@H](O)C2=C3[C@]4(CC[C@](C)(OC4=O)[C@@]3(C)O)CC[C@]21C. The van der Waals surface area contributed by atoms with Crippen molar-refractivity contribution in [3.05, 3.63) is 11.1 Å². The molecule has 0 amide bonds. The zero-order valence-corrected chi connectivity index (χ0v) is 33.3. The number of aliphatic hydroxyl groups is 8. The summed E-state index contributed by atoms with van der Waals surface area (Å²) >= 11 is 0. The van der Waals surface area contributed by atoms with Crippen molar-refractivity contribution < 1.29 is 69.3 Å². The maximum atomic E-state index is 13.7. The molecule has 0 unspecified atom stereocenters. The van der Waals surface area contributed by atoms with E-state index in [1.165, 1.54) is 0 Å². The summed E-state index contributed by atoms with van der Waals surface area (Å²) in [5.74, 6) is 0.0107. The molecule has 4 heterocycles. The Bertz CT molecular complexity index is 1580. The fourth-order valence-electron chi connectivity index (χ4n) is 13.9. The summed E-state index contributed by atoms with van der Waals surface area (Å²) < 4.78 is 30.2. The molecule has 5 aliphatic carbocycles. The maximum Gasteiger partial charge on any atom is 0.317 e. The molecule has 9 aliphatic rings. The minimum absolute atomic E-state index is 0.121. The van der Waals surface area contributed by atoms with E-state index in [2.05, 4.69) is 34.6 Å². The van der Waals surface area contributed by atoms with Crippen molar-refractivity contribution in [3.63, 3.8) is 0 Å². The van der Waals surface area contributed by atoms with E-state index in [0.29, 0.717) is 32.1 Å². The van der Waals surface area contributed by atoms with Crippen LogP contribution in [0.3, 0.4) is 0 Å². The zero-order chi connectivity index (χ0) is 40.1. The summed E-state index contributed by atoms with van der Waals surface area (Å²) in [6, 6.07) is 0. The Morgan fingerprint density at radius 2 is 1.45 bits per heavy atom. The van der Waals surface area contributed by atoms with E-state index in [1.54, 1.807) is 6.92 Å². The Morgan fingerprint density at radius 1 is 0.764 bits per heavy atom. The van der Waals surface area contributed by atoms with Crippen LogP contribution < -0.4 is 0 Å². The maximum absolute atomic E-state index is 13.7. The number of rotatable bonds is 5. The average molecular weight is 781 g/mol. The summed E-state index contributed by atoms with van der Waals surface area (Å²) in [4.78, 5) is 13.7. The molecular formula is C41H64O14. The van der Waals surface area contributed by atoms with E-state index in [1.807, 2.05) is 6.92 Å². The fraction of sp³-hybridized carbons (Fsp3) is 0.927. The first-order chi connectivity index (χ1) is 25.5. The van der Waals surface area contributed by atoms with E-state index in [-0.39, 0.29) is 41.3 Å². The molecule has 8 fully saturated rings. The molecule has 0 radical (unpaired) electrons. The summed E-state index contributed by atoms with van der Waals surface area (Å²) in [6.07, 6.45) is -8.17. The molecule has 55 heavy (non-hydrogen) atoms. The second kappa shape index (κ2) is 12.9. The highest BCUT2D eigenvalue weighted by Crippen LogP contribution is 2.77. The first-order valence-corrected chi connectivity index (χ1v) is 20.5. The van der Waals surface area contributed by atoms with Crippen LogP contribution in [0.5, 0.6) is 0 Å². The fourth-order valence-corrected chi connectivity index (χ4v) is 13.9. The molecule has 4 saturated heterocycles. The van der Waals surface area contributed by atoms with E-state index in [4.69, 9.17) is 23.7 Å². The lowest BCUT2D eigenvalue weighted by molar-refractivity contribution is -0.367. The van der Waals surface area contributed by atoms with E-state index < -0.39 is 95.5 Å². The van der Waals surface area contributed by atoms with Crippen molar-refractivity contribution in [1.29, 1.82) is 0 Å². The highest BCUT2D eigenvalue weighted by Gasteiger charge is 2.75. The third kappa shape index (κ3) is 5.25. The van der Waals surface area contributed by atoms with Crippen LogP contribution in [0.4, 0.5) is 0 Å². The summed E-state index contributed by atoms with van der Waals surface area (Å²) in [5.41, 5.74) is -3.10. The Morgan fingerprint density at radius 3 is 2.13 bits per heavy atom. The van der Waals surface area contributed by atoms with Crippen LogP contribution >= 0.6 is 0 Å². The van der Waals surface area contributed by atoms with Gasteiger partial charge in [0, 0.05) is 0 Å². The lowest BCUT2D eigenvalue weighted by Crippen LogP contribution is -2.72. The van der Waals surface area contributed by atoms with Gasteiger partial charge in [-0.15, -0.1) is 0 Å². The van der Waals surface area contributed by atoms with Gasteiger partial charge in [0.15, 0.2) is 12.6 Å². The van der Waals surface area contributed by atoms with Gasteiger partial charge >= 0.3 is 5.97 Å². The molecule has 14 heteroatoms. The molecule has 4 aliphatic heterocycles. The summed E-state index contributed by atoms with van der Waals surface area (Å²) in [6.45, 7) is 14.1. The number of hydrogen-bond acceptors (Lipinski definition) is 14. The van der Waals surface area contributed by atoms with Crippen LogP contribution in [0.2, 0.25) is 0 Å². The Kier molecular flexibility index (Phi) is 9.47. The molecule has 0 aromatic heterocycles. The number of ether oxygens (including phenoxy) is 5. The van der Waals surface area contributed by atoms with Crippen molar-refractivity contribution in [2.75, 3.05) is 13.2 Å². The molecule has 9 rings (SSSR count). The van der Waals surface area contributed by atoms with Gasteiger partial charge in [0.05, 0.1) is 30.8 Å². The second-order valence-electron chi connectivity index (χ2n) is 20.3. The van der Waals surface area contributed by atoms with Crippen molar-refractivity contribution in [1.82, 2.24) is 0 Å². The van der Waals surface area contributed by atoms with Gasteiger partial charge in [-0.25, -0.2) is 0 Å². The van der Waals surface area contributed by atoms with E-state index in [0.717, 1.165) is 36.8 Å². The van der Waals surface area contributed by atoms with Crippen LogP contribution in [0.25, 0.3) is 0 Å². The zero-order valence-electron chi connectivity index (χ0n) is 33.3. The van der Waals surface area contributed by atoms with Crippen molar-refractivity contribution in [2.24, 2.45) is 38.9 Å². The number of carbonyl (C=O) groups excluding carboxylic acids is 1. The quantitative estimate of drug-likeness (QED) is 0.112. The molecular weight excluding hydrogens is 716 g/mol. The van der Waals surface area contributed by atoms with Gasteiger partial charge in [0.25, 0.3) is 0 Å². The monoisotopic (exact) mass is 780 g/mol. The molecule has 14 nitrogen and oxygen atoms in total. The highest BCUT2D eigenvalue weighted by atomic mass is 16.8. The lowest BCUT2D eigenvalue weighted by Gasteiger charge is -2.73. The Labute approximate surface area is 323 Å².